The maximum Gasteiger partial charge on any atom is 0.183 e. The molecule has 100 valence electrons. The third-order valence-electron chi connectivity index (χ3n) is 3.63. The van der Waals surface area contributed by atoms with Gasteiger partial charge in [-0.3, -0.25) is 10.3 Å². The Labute approximate surface area is 115 Å². The first kappa shape index (κ1) is 12.5. The van der Waals surface area contributed by atoms with E-state index in [1.54, 1.807) is 6.20 Å². The molecule has 3 rings (SSSR count). The Balaban J connectivity index is 1.50. The quantitative estimate of drug-likeness (QED) is 0.391. The molecule has 0 amide bonds. The zero-order chi connectivity index (χ0) is 13.2. The summed E-state index contributed by atoms with van der Waals surface area (Å²) in [5.74, 6) is 1.84. The summed E-state index contributed by atoms with van der Waals surface area (Å²) in [6, 6.07) is 0. The lowest BCUT2D eigenvalue weighted by Gasteiger charge is -2.11. The summed E-state index contributed by atoms with van der Waals surface area (Å²) in [4.78, 5) is 8.30. The molecule has 2 heterocycles. The van der Waals surface area contributed by atoms with Gasteiger partial charge in [0.2, 0.25) is 0 Å². The number of nitrogens with zero attached hydrogens (tertiary/aromatic N) is 3. The Morgan fingerprint density at radius 2 is 2.63 bits per heavy atom. The van der Waals surface area contributed by atoms with E-state index >= 15 is 0 Å². The van der Waals surface area contributed by atoms with Gasteiger partial charge in [0.15, 0.2) is 23.5 Å². The number of rotatable bonds is 3. The number of amidine groups is 1. The highest BCUT2D eigenvalue weighted by atomic mass is 32.2. The Morgan fingerprint density at radius 1 is 1.74 bits per heavy atom. The van der Waals surface area contributed by atoms with Crippen molar-refractivity contribution in [2.24, 2.45) is 16.8 Å². The lowest BCUT2D eigenvalue weighted by atomic mass is 10.1. The Hall–Kier alpha value is -1.52. The van der Waals surface area contributed by atoms with Crippen LogP contribution >= 0.6 is 11.8 Å². The van der Waals surface area contributed by atoms with Crippen LogP contribution in [0.2, 0.25) is 0 Å². The molecule has 1 saturated carbocycles. The highest BCUT2D eigenvalue weighted by molar-refractivity contribution is 8.13. The fraction of sp³-hybridized carbons (Fsp3) is 0.583. The molecule has 0 radical (unpaired) electrons. The number of hydrogen-bond acceptors (Lipinski definition) is 6. The first-order valence-corrected chi connectivity index (χ1v) is 7.33. The van der Waals surface area contributed by atoms with Crippen LogP contribution < -0.4 is 5.32 Å². The first-order valence-electron chi connectivity index (χ1n) is 6.11. The molecule has 0 aromatic carbocycles. The van der Waals surface area contributed by atoms with E-state index in [0.717, 1.165) is 12.2 Å². The maximum atomic E-state index is 8.55. The lowest BCUT2D eigenvalue weighted by molar-refractivity contribution is 0.0455. The highest BCUT2D eigenvalue weighted by Crippen LogP contribution is 2.56. The number of aromatic nitrogens is 1. The topological polar surface area (TPSA) is 83.4 Å². The predicted molar refractivity (Wildman–Crippen MR) is 70.3 cm³/mol. The van der Waals surface area contributed by atoms with Crippen LogP contribution in [0.4, 0.5) is 0 Å². The first-order chi connectivity index (χ1) is 9.33. The van der Waals surface area contributed by atoms with E-state index in [9.17, 15) is 0 Å². The molecule has 0 bridgehead atoms. The van der Waals surface area contributed by atoms with E-state index in [4.69, 9.17) is 14.4 Å². The molecule has 1 aliphatic heterocycles. The van der Waals surface area contributed by atoms with Gasteiger partial charge in [-0.1, -0.05) is 11.8 Å². The van der Waals surface area contributed by atoms with Crippen molar-refractivity contribution < 1.29 is 9.15 Å². The average Bonchev–Trinajstić information content (AvgIpc) is 2.87. The van der Waals surface area contributed by atoms with Crippen LogP contribution in [0.25, 0.3) is 0 Å². The normalized spacial score (nSPS) is 32.7. The molecule has 1 aliphatic carbocycles. The van der Waals surface area contributed by atoms with Crippen LogP contribution in [0, 0.1) is 23.3 Å². The fourth-order valence-corrected chi connectivity index (χ4v) is 2.96. The number of nitriles is 1. The summed E-state index contributed by atoms with van der Waals surface area (Å²) < 4.78 is 11.2. The van der Waals surface area contributed by atoms with Crippen LogP contribution in [0.15, 0.2) is 22.0 Å². The van der Waals surface area contributed by atoms with E-state index in [-0.39, 0.29) is 12.2 Å². The highest BCUT2D eigenvalue weighted by Gasteiger charge is 2.58. The minimum Gasteiger partial charge on any atom is -0.446 e. The largest absolute Gasteiger partial charge is 0.446 e. The minimum absolute atomic E-state index is 0.0509. The van der Waals surface area contributed by atoms with Crippen molar-refractivity contribution in [3.8, 4) is 6.19 Å². The van der Waals surface area contributed by atoms with Gasteiger partial charge in [-0.2, -0.15) is 5.26 Å². The number of aliphatic imine (C=N–C) groups is 1. The molecule has 2 aliphatic rings. The van der Waals surface area contributed by atoms with Gasteiger partial charge in [0.25, 0.3) is 0 Å². The van der Waals surface area contributed by atoms with Crippen molar-refractivity contribution in [2.45, 2.75) is 18.6 Å². The van der Waals surface area contributed by atoms with E-state index in [1.807, 2.05) is 12.4 Å². The van der Waals surface area contributed by atoms with Gasteiger partial charge < -0.3 is 9.15 Å². The van der Waals surface area contributed by atoms with Crippen molar-refractivity contribution in [3.05, 3.63) is 18.4 Å². The van der Waals surface area contributed by atoms with E-state index in [0.29, 0.717) is 23.5 Å². The summed E-state index contributed by atoms with van der Waals surface area (Å²) in [6.45, 7) is 0.712. The second-order valence-electron chi connectivity index (χ2n) is 4.64. The Bertz CT molecular complexity index is 498. The van der Waals surface area contributed by atoms with Crippen molar-refractivity contribution >= 4 is 16.9 Å². The van der Waals surface area contributed by atoms with Gasteiger partial charge in [-0.15, -0.1) is 0 Å². The average molecular weight is 278 g/mol. The molecular formula is C12H14N4O2S. The third-order valence-corrected chi connectivity index (χ3v) is 4.25. The molecule has 4 atom stereocenters. The van der Waals surface area contributed by atoms with Crippen LogP contribution in [0.5, 0.6) is 0 Å². The van der Waals surface area contributed by atoms with Crippen LogP contribution in [0.1, 0.15) is 18.3 Å². The molecule has 0 spiro atoms. The standard InChI is InChI=1S/C12H14N4O2S/c1-19-12(16-5-13)15-3-8-7-2-9(18-11(7)8)10-4-14-6-17-10/h4,6-9,11H,2-3H2,1H3,(H,15,16)/t7-,8-,9+,11-/m0/s1. The van der Waals surface area contributed by atoms with Gasteiger partial charge in [-0.25, -0.2) is 4.98 Å². The molecule has 0 unspecified atom stereocenters. The summed E-state index contributed by atoms with van der Waals surface area (Å²) in [5.41, 5.74) is 0. The van der Waals surface area contributed by atoms with Crippen LogP contribution in [0.3, 0.4) is 0 Å². The van der Waals surface area contributed by atoms with Crippen molar-refractivity contribution in [1.29, 1.82) is 5.26 Å². The summed E-state index contributed by atoms with van der Waals surface area (Å²) in [6.07, 6.45) is 8.23. The summed E-state index contributed by atoms with van der Waals surface area (Å²) in [5, 5.41) is 11.8. The number of hydrogen-bond donors (Lipinski definition) is 1. The lowest BCUT2D eigenvalue weighted by Crippen LogP contribution is -2.15. The van der Waals surface area contributed by atoms with E-state index in [1.165, 1.54) is 18.2 Å². The van der Waals surface area contributed by atoms with Gasteiger partial charge in [0, 0.05) is 12.5 Å². The number of fused-ring (bicyclic) bond motifs is 1. The SMILES string of the molecule is CSC(=NC[C@H]1[C@@H]2C[C@H](c3cnco3)O[C@H]12)NC#N. The van der Waals surface area contributed by atoms with Gasteiger partial charge >= 0.3 is 0 Å². The Kier molecular flexibility index (Phi) is 3.44. The summed E-state index contributed by atoms with van der Waals surface area (Å²) in [7, 11) is 0. The smallest absolute Gasteiger partial charge is 0.183 e. The zero-order valence-corrected chi connectivity index (χ0v) is 11.3. The molecule has 1 N–H and O–H groups in total. The molecule has 19 heavy (non-hydrogen) atoms. The number of thioether (sulfide) groups is 1. The monoisotopic (exact) mass is 278 g/mol. The number of nitrogens with one attached hydrogen (secondary N) is 1. The van der Waals surface area contributed by atoms with Crippen LogP contribution in [-0.2, 0) is 4.74 Å². The number of oxazole rings is 1. The molecule has 1 aromatic heterocycles. The molecule has 7 heteroatoms. The zero-order valence-electron chi connectivity index (χ0n) is 10.4. The summed E-state index contributed by atoms with van der Waals surface area (Å²) >= 11 is 1.44. The molecule has 2 fully saturated rings. The van der Waals surface area contributed by atoms with Gasteiger partial charge in [0.05, 0.1) is 12.3 Å². The van der Waals surface area contributed by atoms with Crippen molar-refractivity contribution in [1.82, 2.24) is 10.3 Å². The molecule has 1 saturated heterocycles. The van der Waals surface area contributed by atoms with Gasteiger partial charge in [-0.05, 0) is 18.6 Å². The van der Waals surface area contributed by atoms with E-state index < -0.39 is 0 Å². The molecule has 6 nitrogen and oxygen atoms in total. The second-order valence-corrected chi connectivity index (χ2v) is 5.44. The van der Waals surface area contributed by atoms with Crippen LogP contribution in [-0.4, -0.2) is 29.1 Å². The minimum atomic E-state index is 0.0509. The van der Waals surface area contributed by atoms with Gasteiger partial charge in [0.1, 0.15) is 6.10 Å². The Morgan fingerprint density at radius 3 is 3.21 bits per heavy atom. The maximum absolute atomic E-state index is 8.55. The predicted octanol–water partition coefficient (Wildman–Crippen LogP) is 1.54. The second kappa shape index (κ2) is 5.23. The fourth-order valence-electron chi connectivity index (χ4n) is 2.61. The van der Waals surface area contributed by atoms with Crippen molar-refractivity contribution in [2.75, 3.05) is 12.8 Å². The third kappa shape index (κ3) is 2.46. The molecular weight excluding hydrogens is 264 g/mol. The van der Waals surface area contributed by atoms with E-state index in [2.05, 4.69) is 15.3 Å². The number of ether oxygens (including phenoxy) is 1. The molecule has 1 aromatic rings. The van der Waals surface area contributed by atoms with Crippen molar-refractivity contribution in [3.63, 3.8) is 0 Å².